The highest BCUT2D eigenvalue weighted by Crippen LogP contribution is 2.43. The van der Waals surface area contributed by atoms with Gasteiger partial charge in [0.25, 0.3) is 0 Å². The average Bonchev–Trinajstić information content (AvgIpc) is 4.13. The highest BCUT2D eigenvalue weighted by Gasteiger charge is 2.56. The van der Waals surface area contributed by atoms with Crippen LogP contribution in [0, 0.1) is 24.7 Å². The zero-order chi connectivity index (χ0) is 51.3. The van der Waals surface area contributed by atoms with E-state index in [0.29, 0.717) is 18.4 Å². The van der Waals surface area contributed by atoms with Crippen LogP contribution in [0.5, 0.6) is 0 Å². The van der Waals surface area contributed by atoms with Gasteiger partial charge in [0, 0.05) is 66.4 Å². The molecule has 2 aromatic heterocycles. The number of halogens is 4. The molecular formula is C54H56F2I2O11S2. The van der Waals surface area contributed by atoms with E-state index in [1.807, 2.05) is 50.2 Å². The summed E-state index contributed by atoms with van der Waals surface area (Å²) in [6, 6.07) is 33.1. The van der Waals surface area contributed by atoms with Gasteiger partial charge in [0.2, 0.25) is 0 Å². The van der Waals surface area contributed by atoms with Gasteiger partial charge in [-0.2, -0.15) is 0 Å². The Morgan fingerprint density at radius 2 is 1.21 bits per heavy atom. The topological polar surface area (TPSA) is 150 Å². The Morgan fingerprint density at radius 3 is 1.73 bits per heavy atom. The number of ether oxygens (including phenoxy) is 6. The minimum atomic E-state index is -1.02. The number of aliphatic hydroxyl groups excluding tert-OH is 3. The average molecular weight is 1240 g/mol. The second-order valence-corrected chi connectivity index (χ2v) is 22.5. The van der Waals surface area contributed by atoms with Crippen LogP contribution in [0.2, 0.25) is 0 Å². The lowest BCUT2D eigenvalue weighted by molar-refractivity contribution is -0.226. The molecule has 3 aliphatic rings. The van der Waals surface area contributed by atoms with Crippen molar-refractivity contribution in [1.29, 1.82) is 0 Å². The van der Waals surface area contributed by atoms with E-state index in [1.54, 1.807) is 60.8 Å². The van der Waals surface area contributed by atoms with Crippen molar-refractivity contribution in [3.8, 4) is 20.9 Å². The first-order chi connectivity index (χ1) is 33.8. The first-order valence-electron chi connectivity index (χ1n) is 22.9. The predicted octanol–water partition coefficient (Wildman–Crippen LogP) is 11.3. The highest BCUT2D eigenvalue weighted by atomic mass is 127. The molecule has 3 N–H and O–H groups in total. The summed E-state index contributed by atoms with van der Waals surface area (Å²) < 4.78 is 63.6. The third kappa shape index (κ3) is 13.5. The molecule has 3 aliphatic heterocycles. The summed E-state index contributed by atoms with van der Waals surface area (Å²) >= 11 is 7.93. The summed E-state index contributed by atoms with van der Waals surface area (Å²) in [5.74, 6) is -2.34. The second kappa shape index (κ2) is 24.1. The zero-order valence-corrected chi connectivity index (χ0v) is 46.0. The van der Waals surface area contributed by atoms with Gasteiger partial charge in [-0.15, -0.1) is 22.7 Å². The van der Waals surface area contributed by atoms with Crippen molar-refractivity contribution in [2.24, 2.45) is 5.92 Å². The first kappa shape index (κ1) is 55.0. The molecule has 6 aromatic rings. The maximum absolute atomic E-state index is 13.3. The number of esters is 2. The molecule has 5 heterocycles. The Balaban J connectivity index is 0.000000202. The molecule has 3 fully saturated rings. The number of benzene rings is 4. The van der Waals surface area contributed by atoms with Gasteiger partial charge < -0.3 is 43.7 Å². The quantitative estimate of drug-likeness (QED) is 0.0840. The van der Waals surface area contributed by atoms with E-state index in [-0.39, 0.29) is 23.7 Å². The second-order valence-electron chi connectivity index (χ2n) is 17.9. The van der Waals surface area contributed by atoms with Crippen LogP contribution >= 0.6 is 67.9 Å². The maximum atomic E-state index is 13.3. The lowest BCUT2D eigenvalue weighted by atomic mass is 9.85. The number of fused-ring (bicyclic) bond motifs is 1. The third-order valence-corrected chi connectivity index (χ3v) is 16.7. The van der Waals surface area contributed by atoms with E-state index >= 15 is 0 Å². The van der Waals surface area contributed by atoms with Crippen LogP contribution in [0.25, 0.3) is 20.9 Å². The molecule has 0 radical (unpaired) electrons. The standard InChI is InChI=1S/C28H28FIO5S.C25H24FIO5S.CH4O/c1-15-16(2)33-27(28(35-18(4)32)26(15)34-17(3)31)20-7-11-24(30)21(13-20)14-23-10-12-25(36-23)19-5-8-22(29)9-6-19;1-25(2)31-23-21(29)22(30-24(23)32-25)20(28)14-5-9-18(27)15(11-14)12-17-8-10-19(33-17)13-3-6-16(26)7-4-13;1-2/h5-13,15-16,26-28H,14H2,1-4H3;3-11,20-24,28-29H,12H2,1-2H3;2H,1H3/t15-,16-,26+,27?,28-;20?,21-,22+,23+,24+;/m11./s1. The van der Waals surface area contributed by atoms with Crippen molar-refractivity contribution in [1.82, 2.24) is 0 Å². The Bertz CT molecular complexity index is 2770. The molecule has 17 heteroatoms. The fraction of sp³-hybridized carbons (Fsp3) is 0.370. The Hall–Kier alpha value is -3.74. The highest BCUT2D eigenvalue weighted by molar-refractivity contribution is 14.1. The van der Waals surface area contributed by atoms with E-state index in [4.69, 9.17) is 33.5 Å². The molecule has 2 unspecified atom stereocenters. The largest absolute Gasteiger partial charge is 0.458 e. The number of hydrogen-bond donors (Lipinski definition) is 3. The molecule has 9 rings (SSSR count). The molecule has 378 valence electrons. The predicted molar refractivity (Wildman–Crippen MR) is 285 cm³/mol. The number of carbonyl (C=O) groups excluding carboxylic acids is 2. The number of hydrogen-bond acceptors (Lipinski definition) is 13. The molecule has 0 aliphatic carbocycles. The minimum absolute atomic E-state index is 0.145. The van der Waals surface area contributed by atoms with Gasteiger partial charge in [-0.05, 0) is 160 Å². The van der Waals surface area contributed by atoms with Gasteiger partial charge in [0.1, 0.15) is 48.3 Å². The van der Waals surface area contributed by atoms with Crippen LogP contribution in [-0.4, -0.2) is 83.1 Å². The lowest BCUT2D eigenvalue weighted by Crippen LogP contribution is -2.52. The number of rotatable bonds is 11. The summed E-state index contributed by atoms with van der Waals surface area (Å²) in [7, 11) is 1.00. The maximum Gasteiger partial charge on any atom is 0.303 e. The number of aliphatic hydroxyl groups is 3. The Labute approximate surface area is 447 Å². The smallest absolute Gasteiger partial charge is 0.303 e. The van der Waals surface area contributed by atoms with Crippen LogP contribution in [0.4, 0.5) is 8.78 Å². The van der Waals surface area contributed by atoms with Gasteiger partial charge in [-0.3, -0.25) is 9.59 Å². The van der Waals surface area contributed by atoms with Crippen LogP contribution in [0.3, 0.4) is 0 Å². The fourth-order valence-corrected chi connectivity index (χ4v) is 11.9. The monoisotopic (exact) mass is 1240 g/mol. The van der Waals surface area contributed by atoms with Crippen molar-refractivity contribution in [3.05, 3.63) is 160 Å². The van der Waals surface area contributed by atoms with Gasteiger partial charge in [-0.1, -0.05) is 55.5 Å². The van der Waals surface area contributed by atoms with Crippen LogP contribution in [-0.2, 0) is 50.9 Å². The Kier molecular flexibility index (Phi) is 18.7. The third-order valence-electron chi connectivity index (χ3n) is 12.3. The fourth-order valence-electron chi connectivity index (χ4n) is 8.77. The van der Waals surface area contributed by atoms with E-state index in [2.05, 4.69) is 69.4 Å². The molecule has 4 aromatic carbocycles. The minimum Gasteiger partial charge on any atom is -0.458 e. The molecule has 10 atom stereocenters. The van der Waals surface area contributed by atoms with Gasteiger partial charge >= 0.3 is 11.9 Å². The van der Waals surface area contributed by atoms with E-state index in [9.17, 15) is 28.6 Å². The van der Waals surface area contributed by atoms with Crippen LogP contribution < -0.4 is 0 Å². The van der Waals surface area contributed by atoms with Crippen LogP contribution in [0.1, 0.15) is 85.8 Å². The SMILES string of the molecule is CC(=O)O[C@H]1[C@H](C)[C@@H](C)OC(c2ccc(I)c(Cc3ccc(-c4ccc(F)cc4)s3)c2)[C@@H]1OC(C)=O.CC1(C)O[C@@H]2O[C@@H](C(O)c3ccc(I)c(Cc4ccc(-c5ccc(F)cc5)s4)c3)[C@@H](O)[C@@H]2O1.CO. The first-order valence-corrected chi connectivity index (χ1v) is 26.7. The van der Waals surface area contributed by atoms with E-state index < -0.39 is 66.7 Å². The van der Waals surface area contributed by atoms with Gasteiger partial charge in [0.05, 0.1) is 6.10 Å². The molecule has 11 nitrogen and oxygen atoms in total. The van der Waals surface area contributed by atoms with Gasteiger partial charge in [0.15, 0.2) is 18.2 Å². The van der Waals surface area contributed by atoms with E-state index in [0.717, 1.165) is 56.7 Å². The van der Waals surface area contributed by atoms with E-state index in [1.165, 1.54) is 43.0 Å². The summed E-state index contributed by atoms with van der Waals surface area (Å²) in [6.45, 7) is 10.1. The van der Waals surface area contributed by atoms with Crippen molar-refractivity contribution in [2.75, 3.05) is 7.11 Å². The molecule has 0 spiro atoms. The van der Waals surface area contributed by atoms with Crippen molar-refractivity contribution >= 4 is 79.8 Å². The molecule has 0 amide bonds. The summed E-state index contributed by atoms with van der Waals surface area (Å²) in [6.07, 6.45) is -4.91. The molecule has 0 bridgehead atoms. The molecule has 3 saturated heterocycles. The van der Waals surface area contributed by atoms with Crippen molar-refractivity contribution < 1.29 is 62.1 Å². The normalized spacial score (nSPS) is 24.7. The number of thiophene rings is 2. The summed E-state index contributed by atoms with van der Waals surface area (Å²) in [5.41, 5.74) is 5.68. The summed E-state index contributed by atoms with van der Waals surface area (Å²) in [4.78, 5) is 28.3. The van der Waals surface area contributed by atoms with Crippen molar-refractivity contribution in [2.45, 2.75) is 115 Å². The summed E-state index contributed by atoms with van der Waals surface area (Å²) in [5, 5.41) is 28.7. The lowest BCUT2D eigenvalue weighted by Gasteiger charge is -2.43. The van der Waals surface area contributed by atoms with Crippen LogP contribution in [0.15, 0.2) is 109 Å². The zero-order valence-electron chi connectivity index (χ0n) is 40.0. The van der Waals surface area contributed by atoms with Gasteiger partial charge in [-0.25, -0.2) is 8.78 Å². The van der Waals surface area contributed by atoms with Crippen molar-refractivity contribution in [3.63, 3.8) is 0 Å². The number of carbonyl (C=O) groups is 2. The Morgan fingerprint density at radius 1 is 0.704 bits per heavy atom. The molecule has 71 heavy (non-hydrogen) atoms. The molecular weight excluding hydrogens is 1180 g/mol. The molecule has 0 saturated carbocycles.